The van der Waals surface area contributed by atoms with Gasteiger partial charge in [0.1, 0.15) is 5.58 Å². The number of para-hydroxylation sites is 2. The summed E-state index contributed by atoms with van der Waals surface area (Å²) < 4.78 is 6.72. The summed E-state index contributed by atoms with van der Waals surface area (Å²) in [5.74, 6) is 0. The summed E-state index contributed by atoms with van der Waals surface area (Å²) in [6.07, 6.45) is 0. The lowest BCUT2D eigenvalue weighted by atomic mass is 9.66. The van der Waals surface area contributed by atoms with Gasteiger partial charge in [-0.1, -0.05) is 384 Å². The van der Waals surface area contributed by atoms with Gasteiger partial charge in [-0.2, -0.15) is 0 Å². The van der Waals surface area contributed by atoms with E-state index >= 15 is 0 Å². The molecule has 25 rings (SSSR count). The maximum Gasteiger partial charge on any atom is 0.159 e. The molecule has 0 amide bonds. The standard InChI is InChI=1S/C64H45N.C55H35NO/c1-63(2)57-24-12-8-22-53(57)55-38-37-48(41-62(55)63)65(46-33-28-43(29-34-46)42-16-4-3-5-17-42)47-35-30-44(31-36-47)45-32-39-61-56(40-45)54-23-11-15-27-60(54)64(61)58-25-13-9-20-51(58)49-18-6-7-19-50(49)52-21-10-14-26-59(52)64;1-2-15-36(16-3-1)37-29-31-38(32-30-37)56(52-27-14-23-46-45-22-9-13-28-53(45)57-54(46)52)39-33-34-51-47(35-39)44-21-8-12-26-50(44)55(51)48-24-10-6-19-42(48)40-17-4-5-18-41(40)43-20-7-11-25-49(43)55/h3-41H,1-2H3;1-35H. The van der Waals surface area contributed by atoms with Gasteiger partial charge < -0.3 is 14.2 Å². The van der Waals surface area contributed by atoms with Crippen molar-refractivity contribution in [2.75, 3.05) is 9.80 Å². The predicted octanol–water partition coefficient (Wildman–Crippen LogP) is 31.5. The first kappa shape index (κ1) is 70.8. The van der Waals surface area contributed by atoms with E-state index in [9.17, 15) is 0 Å². The average molecular weight is 1550 g/mol. The number of hydrogen-bond donors (Lipinski definition) is 0. The molecule has 0 fully saturated rings. The number of furan rings is 1. The van der Waals surface area contributed by atoms with Crippen LogP contribution in [0.25, 0.3) is 133 Å². The Morgan fingerprint density at radius 1 is 0.180 bits per heavy atom. The van der Waals surface area contributed by atoms with Gasteiger partial charge in [-0.15, -0.1) is 0 Å². The summed E-state index contributed by atoms with van der Waals surface area (Å²) in [6.45, 7) is 4.72. The first-order chi connectivity index (χ1) is 60.3. The van der Waals surface area contributed by atoms with Crippen LogP contribution in [0.1, 0.15) is 69.5 Å². The molecule has 0 saturated carbocycles. The third-order valence-corrected chi connectivity index (χ3v) is 27.0. The zero-order chi connectivity index (χ0) is 80.8. The fourth-order valence-corrected chi connectivity index (χ4v) is 21.7. The molecule has 0 aliphatic heterocycles. The highest BCUT2D eigenvalue weighted by Gasteiger charge is 2.52. The van der Waals surface area contributed by atoms with Crippen molar-refractivity contribution in [3.8, 4) is 111 Å². The molecule has 0 bridgehead atoms. The van der Waals surface area contributed by atoms with Gasteiger partial charge in [-0.05, 0) is 246 Å². The van der Waals surface area contributed by atoms with E-state index in [2.05, 4.69) is 466 Å². The van der Waals surface area contributed by atoms with Crippen molar-refractivity contribution in [1.82, 2.24) is 0 Å². The normalized spacial score (nSPS) is 13.5. The second-order valence-corrected chi connectivity index (χ2v) is 33.6. The second-order valence-electron chi connectivity index (χ2n) is 33.6. The number of fused-ring (bicyclic) bond motifs is 30. The molecule has 0 unspecified atom stereocenters. The average Bonchev–Trinajstić information content (AvgIpc) is 1.53. The molecule has 572 valence electrons. The lowest BCUT2D eigenvalue weighted by molar-refractivity contribution is 0.660. The van der Waals surface area contributed by atoms with Crippen LogP contribution in [-0.4, -0.2) is 0 Å². The highest BCUT2D eigenvalue weighted by Crippen LogP contribution is 2.65. The molecule has 1 heterocycles. The van der Waals surface area contributed by atoms with Crippen molar-refractivity contribution in [2.45, 2.75) is 30.1 Å². The van der Waals surface area contributed by atoms with Crippen LogP contribution in [0.2, 0.25) is 0 Å². The topological polar surface area (TPSA) is 19.6 Å². The Kier molecular flexibility index (Phi) is 16.2. The molecule has 0 N–H and O–H groups in total. The van der Waals surface area contributed by atoms with Gasteiger partial charge in [0.15, 0.2) is 5.58 Å². The van der Waals surface area contributed by atoms with Gasteiger partial charge in [-0.3, -0.25) is 0 Å². The zero-order valence-electron chi connectivity index (χ0n) is 67.5. The van der Waals surface area contributed by atoms with Crippen LogP contribution in [0.3, 0.4) is 0 Å². The van der Waals surface area contributed by atoms with Crippen LogP contribution in [0, 0.1) is 0 Å². The van der Waals surface area contributed by atoms with E-state index in [0.29, 0.717) is 0 Å². The molecule has 5 aliphatic carbocycles. The summed E-state index contributed by atoms with van der Waals surface area (Å²) >= 11 is 0. The van der Waals surface area contributed by atoms with Gasteiger partial charge in [0, 0.05) is 44.6 Å². The van der Waals surface area contributed by atoms with E-state index in [0.717, 1.165) is 56.1 Å². The third-order valence-electron chi connectivity index (χ3n) is 27.0. The molecular weight excluding hydrogens is 1470 g/mol. The summed E-state index contributed by atoms with van der Waals surface area (Å²) in [7, 11) is 0. The van der Waals surface area contributed by atoms with Crippen LogP contribution in [-0.2, 0) is 16.2 Å². The van der Waals surface area contributed by atoms with Crippen molar-refractivity contribution in [2.24, 2.45) is 0 Å². The molecule has 122 heavy (non-hydrogen) atoms. The molecule has 19 aromatic carbocycles. The highest BCUT2D eigenvalue weighted by atomic mass is 16.3. The van der Waals surface area contributed by atoms with E-state index in [1.54, 1.807) is 0 Å². The lowest BCUT2D eigenvalue weighted by Gasteiger charge is -2.35. The molecule has 5 aliphatic rings. The number of hydrogen-bond acceptors (Lipinski definition) is 3. The minimum absolute atomic E-state index is 0.107. The third kappa shape index (κ3) is 10.6. The first-order valence-corrected chi connectivity index (χ1v) is 42.5. The van der Waals surface area contributed by atoms with Crippen LogP contribution < -0.4 is 9.80 Å². The van der Waals surface area contributed by atoms with Crippen molar-refractivity contribution >= 4 is 56.1 Å². The van der Waals surface area contributed by atoms with Crippen LogP contribution in [0.4, 0.5) is 34.1 Å². The SMILES string of the molecule is CC1(C)c2ccccc2-c2ccc(N(c3ccc(-c4ccccc4)cc3)c3ccc(-c4ccc5c(c4)-c4ccccc4C54c5ccccc5-c5ccccc5-c5ccccc54)cc3)cc21.c1ccc(-c2ccc(N(c3ccc4c(c3)-c3ccccc3C43c4ccccc4-c4ccccc4-c4ccccc43)c3cccc4c3oc3ccccc34)cc2)cc1. The van der Waals surface area contributed by atoms with Gasteiger partial charge in [0.25, 0.3) is 0 Å². The molecule has 20 aromatic rings. The van der Waals surface area contributed by atoms with E-state index in [4.69, 9.17) is 4.42 Å². The fourth-order valence-electron chi connectivity index (χ4n) is 21.7. The Labute approximate surface area is 711 Å². The predicted molar refractivity (Wildman–Crippen MR) is 507 cm³/mol. The number of anilines is 6. The largest absolute Gasteiger partial charge is 0.454 e. The molecule has 0 atom stereocenters. The number of nitrogens with zero attached hydrogens (tertiary/aromatic N) is 2. The highest BCUT2D eigenvalue weighted by molar-refractivity contribution is 6.11. The maximum absolute atomic E-state index is 6.72. The zero-order valence-corrected chi connectivity index (χ0v) is 67.5. The molecular formula is C119H80N2O. The summed E-state index contributed by atoms with van der Waals surface area (Å²) in [5.41, 5.74) is 45.6. The van der Waals surface area contributed by atoms with Crippen molar-refractivity contribution in [3.05, 3.63) is 505 Å². The van der Waals surface area contributed by atoms with Gasteiger partial charge in [-0.25, -0.2) is 0 Å². The second kappa shape index (κ2) is 27.9. The van der Waals surface area contributed by atoms with E-state index in [1.807, 2.05) is 6.07 Å². The van der Waals surface area contributed by atoms with Crippen molar-refractivity contribution in [3.63, 3.8) is 0 Å². The Balaban J connectivity index is 0.000000139. The molecule has 2 spiro atoms. The smallest absolute Gasteiger partial charge is 0.159 e. The van der Waals surface area contributed by atoms with Crippen molar-refractivity contribution in [1.29, 1.82) is 0 Å². The monoisotopic (exact) mass is 1550 g/mol. The van der Waals surface area contributed by atoms with Gasteiger partial charge in [0.2, 0.25) is 0 Å². The van der Waals surface area contributed by atoms with E-state index < -0.39 is 10.8 Å². The Morgan fingerprint density at radius 2 is 0.475 bits per heavy atom. The summed E-state index contributed by atoms with van der Waals surface area (Å²) in [5, 5.41) is 2.22. The number of rotatable bonds is 9. The minimum Gasteiger partial charge on any atom is -0.454 e. The van der Waals surface area contributed by atoms with Gasteiger partial charge in [0.05, 0.1) is 16.5 Å². The Morgan fingerprint density at radius 3 is 0.934 bits per heavy atom. The maximum atomic E-state index is 6.72. The van der Waals surface area contributed by atoms with Crippen LogP contribution in [0.5, 0.6) is 0 Å². The van der Waals surface area contributed by atoms with Crippen molar-refractivity contribution < 1.29 is 4.42 Å². The summed E-state index contributed by atoms with van der Waals surface area (Å²) in [6, 6.07) is 166. The molecule has 3 nitrogen and oxygen atoms in total. The van der Waals surface area contributed by atoms with Crippen LogP contribution >= 0.6 is 0 Å². The first-order valence-electron chi connectivity index (χ1n) is 42.5. The quantitative estimate of drug-likeness (QED) is 0.144. The summed E-state index contributed by atoms with van der Waals surface area (Å²) in [4.78, 5) is 4.79. The fraction of sp³-hybridized carbons (Fsp3) is 0.0420. The Hall–Kier alpha value is -15.4. The molecule has 1 aromatic heterocycles. The molecule has 3 heteroatoms. The van der Waals surface area contributed by atoms with Gasteiger partial charge >= 0.3 is 0 Å². The molecule has 0 radical (unpaired) electrons. The van der Waals surface area contributed by atoms with E-state index in [1.165, 1.54) is 167 Å². The van der Waals surface area contributed by atoms with E-state index in [-0.39, 0.29) is 5.41 Å². The molecule has 0 saturated heterocycles. The number of benzene rings is 19. The van der Waals surface area contributed by atoms with Crippen LogP contribution in [0.15, 0.2) is 453 Å². The Bertz CT molecular complexity index is 7460. The minimum atomic E-state index is -0.530. The lowest BCUT2D eigenvalue weighted by Crippen LogP contribution is -2.29.